The van der Waals surface area contributed by atoms with Crippen molar-refractivity contribution in [2.45, 2.75) is 13.0 Å². The van der Waals surface area contributed by atoms with Gasteiger partial charge in [-0.1, -0.05) is 12.1 Å². The molecule has 1 heterocycles. The van der Waals surface area contributed by atoms with Crippen LogP contribution in [0.5, 0.6) is 0 Å². The topological polar surface area (TPSA) is 116 Å². The Balaban J connectivity index is 1.88. The number of benzene rings is 2. The van der Waals surface area contributed by atoms with Crippen LogP contribution < -0.4 is 15.5 Å². The van der Waals surface area contributed by atoms with E-state index in [0.29, 0.717) is 11.4 Å². The number of carbonyl (C=O) groups excluding carboxylic acids is 3. The summed E-state index contributed by atoms with van der Waals surface area (Å²) < 4.78 is 13.8. The van der Waals surface area contributed by atoms with Crippen LogP contribution in [0.15, 0.2) is 42.5 Å². The largest absolute Gasteiger partial charge is 0.480 e. The third-order valence-electron chi connectivity index (χ3n) is 4.27. The smallest absolute Gasteiger partial charge is 0.327 e. The molecule has 0 aromatic heterocycles. The quantitative estimate of drug-likeness (QED) is 0.647. The number of nitrogens with zero attached hydrogens (tertiary/aromatic N) is 1. The van der Waals surface area contributed by atoms with E-state index in [0.717, 1.165) is 23.9 Å². The molecule has 3 rings (SSSR count). The summed E-state index contributed by atoms with van der Waals surface area (Å²) in [7, 11) is 0. The van der Waals surface area contributed by atoms with E-state index < -0.39 is 35.5 Å². The van der Waals surface area contributed by atoms with Crippen molar-refractivity contribution in [1.29, 1.82) is 0 Å². The Bertz CT molecular complexity index is 1030. The van der Waals surface area contributed by atoms with Gasteiger partial charge >= 0.3 is 5.97 Å². The first-order valence-electron chi connectivity index (χ1n) is 8.88. The van der Waals surface area contributed by atoms with E-state index in [9.17, 15) is 28.7 Å². The highest BCUT2D eigenvalue weighted by atomic mass is 32.2. The van der Waals surface area contributed by atoms with Crippen LogP contribution in [-0.4, -0.2) is 46.3 Å². The van der Waals surface area contributed by atoms with Gasteiger partial charge in [-0.25, -0.2) is 9.18 Å². The SMILES string of the molecule is CC(=O)N[C@@H](CSCC(=O)N1c2ccccc2NC(=O)c2cc(F)ccc21)C(=O)O. The molecule has 2 aromatic rings. The normalized spacial score (nSPS) is 13.4. The molecular weight excluding hydrogens is 413 g/mol. The first kappa shape index (κ1) is 21.3. The number of halogens is 1. The van der Waals surface area contributed by atoms with Crippen molar-refractivity contribution < 1.29 is 28.7 Å². The lowest BCUT2D eigenvalue weighted by Crippen LogP contribution is -2.41. The number of amides is 3. The lowest BCUT2D eigenvalue weighted by atomic mass is 10.1. The zero-order valence-corrected chi connectivity index (χ0v) is 16.7. The molecule has 0 fully saturated rings. The second kappa shape index (κ2) is 8.95. The van der Waals surface area contributed by atoms with Gasteiger partial charge in [0.15, 0.2) is 0 Å². The van der Waals surface area contributed by atoms with Crippen molar-refractivity contribution in [1.82, 2.24) is 5.32 Å². The molecule has 10 heteroatoms. The van der Waals surface area contributed by atoms with E-state index in [-0.39, 0.29) is 22.8 Å². The summed E-state index contributed by atoms with van der Waals surface area (Å²) in [5, 5.41) is 14.2. The van der Waals surface area contributed by atoms with Crippen molar-refractivity contribution >= 4 is 52.5 Å². The average Bonchev–Trinajstić information content (AvgIpc) is 2.80. The molecule has 0 saturated heterocycles. The molecule has 1 atom stereocenters. The highest BCUT2D eigenvalue weighted by Gasteiger charge is 2.30. The maximum Gasteiger partial charge on any atom is 0.327 e. The molecule has 8 nitrogen and oxygen atoms in total. The number of carbonyl (C=O) groups is 4. The van der Waals surface area contributed by atoms with Crippen molar-refractivity contribution in [2.24, 2.45) is 0 Å². The van der Waals surface area contributed by atoms with Gasteiger partial charge in [-0.05, 0) is 30.3 Å². The molecule has 30 heavy (non-hydrogen) atoms. The summed E-state index contributed by atoms with van der Waals surface area (Å²) in [5.74, 6) is -3.43. The summed E-state index contributed by atoms with van der Waals surface area (Å²) in [4.78, 5) is 49.3. The van der Waals surface area contributed by atoms with Crippen molar-refractivity contribution in [3.05, 3.63) is 53.8 Å². The van der Waals surface area contributed by atoms with Gasteiger partial charge < -0.3 is 15.7 Å². The predicted molar refractivity (Wildman–Crippen MR) is 111 cm³/mol. The zero-order valence-electron chi connectivity index (χ0n) is 15.8. The van der Waals surface area contributed by atoms with Crippen molar-refractivity contribution in [3.8, 4) is 0 Å². The van der Waals surface area contributed by atoms with E-state index in [1.54, 1.807) is 24.3 Å². The van der Waals surface area contributed by atoms with Gasteiger partial charge in [-0.3, -0.25) is 19.3 Å². The van der Waals surface area contributed by atoms with Gasteiger partial charge in [0.1, 0.15) is 11.9 Å². The fourth-order valence-corrected chi connectivity index (χ4v) is 3.88. The Morgan fingerprint density at radius 3 is 2.63 bits per heavy atom. The standard InChI is InChI=1S/C20H18FN3O5S/c1-11(25)22-15(20(28)29)9-30-10-18(26)24-16-7-6-12(21)8-13(16)19(27)23-14-4-2-3-5-17(14)24/h2-8,15H,9-10H2,1H3,(H,22,25)(H,23,27)(H,28,29)/t15-/m0/s1. The zero-order chi connectivity index (χ0) is 21.8. The first-order valence-corrected chi connectivity index (χ1v) is 10.0. The first-order chi connectivity index (χ1) is 14.3. The number of hydrogen-bond donors (Lipinski definition) is 3. The molecule has 1 aliphatic rings. The monoisotopic (exact) mass is 431 g/mol. The molecule has 0 radical (unpaired) electrons. The molecule has 156 valence electrons. The number of thioether (sulfide) groups is 1. The van der Waals surface area contributed by atoms with E-state index in [1.807, 2.05) is 0 Å². The molecule has 2 aromatic carbocycles. The average molecular weight is 431 g/mol. The van der Waals surface area contributed by atoms with Gasteiger partial charge in [0.25, 0.3) is 5.91 Å². The molecule has 0 spiro atoms. The Kier molecular flexibility index (Phi) is 6.36. The molecule has 0 bridgehead atoms. The third kappa shape index (κ3) is 4.60. The van der Waals surface area contributed by atoms with Crippen LogP contribution in [0.25, 0.3) is 0 Å². The lowest BCUT2D eigenvalue weighted by molar-refractivity contribution is -0.140. The van der Waals surface area contributed by atoms with E-state index in [1.165, 1.54) is 17.9 Å². The van der Waals surface area contributed by atoms with Crippen molar-refractivity contribution in [3.63, 3.8) is 0 Å². The minimum atomic E-state index is -1.21. The van der Waals surface area contributed by atoms with E-state index >= 15 is 0 Å². The number of carboxylic acids is 1. The number of fused-ring (bicyclic) bond motifs is 2. The Hall–Kier alpha value is -3.40. The second-order valence-electron chi connectivity index (χ2n) is 6.47. The van der Waals surface area contributed by atoms with Gasteiger partial charge in [0.2, 0.25) is 11.8 Å². The molecule has 0 saturated carbocycles. The fraction of sp³-hybridized carbons (Fsp3) is 0.200. The minimum absolute atomic E-state index is 0.00575. The van der Waals surface area contributed by atoms with Crippen LogP contribution in [0.1, 0.15) is 17.3 Å². The molecule has 0 unspecified atom stereocenters. The van der Waals surface area contributed by atoms with Crippen molar-refractivity contribution in [2.75, 3.05) is 21.7 Å². The van der Waals surface area contributed by atoms with Gasteiger partial charge in [-0.15, -0.1) is 11.8 Å². The van der Waals surface area contributed by atoms with Crippen LogP contribution in [0, 0.1) is 5.82 Å². The molecule has 1 aliphatic heterocycles. The van der Waals surface area contributed by atoms with Crippen LogP contribution in [0.3, 0.4) is 0 Å². The second-order valence-corrected chi connectivity index (χ2v) is 7.50. The van der Waals surface area contributed by atoms with Crippen LogP contribution in [-0.2, 0) is 14.4 Å². The van der Waals surface area contributed by atoms with Gasteiger partial charge in [0.05, 0.1) is 28.4 Å². The number of carboxylic acid groups (broad SMARTS) is 1. The summed E-state index contributed by atoms with van der Waals surface area (Å²) >= 11 is 1.03. The number of nitrogens with one attached hydrogen (secondary N) is 2. The number of aliphatic carboxylic acids is 1. The third-order valence-corrected chi connectivity index (χ3v) is 5.29. The van der Waals surface area contributed by atoms with E-state index in [2.05, 4.69) is 10.6 Å². The van der Waals surface area contributed by atoms with Gasteiger partial charge in [-0.2, -0.15) is 0 Å². The van der Waals surface area contributed by atoms with Crippen LogP contribution in [0.4, 0.5) is 21.5 Å². The molecule has 0 aliphatic carbocycles. The van der Waals surface area contributed by atoms with Gasteiger partial charge in [0, 0.05) is 12.7 Å². The highest BCUT2D eigenvalue weighted by Crippen LogP contribution is 2.38. The number of rotatable bonds is 6. The predicted octanol–water partition coefficient (Wildman–Crippen LogP) is 2.38. The maximum absolute atomic E-state index is 13.8. The Morgan fingerprint density at radius 2 is 1.93 bits per heavy atom. The summed E-state index contributed by atoms with van der Waals surface area (Å²) in [5.41, 5.74) is 1.03. The maximum atomic E-state index is 13.8. The van der Waals surface area contributed by atoms with Crippen LogP contribution >= 0.6 is 11.8 Å². The minimum Gasteiger partial charge on any atom is -0.480 e. The summed E-state index contributed by atoms with van der Waals surface area (Å²) in [6.45, 7) is 1.21. The Morgan fingerprint density at radius 1 is 1.20 bits per heavy atom. The van der Waals surface area contributed by atoms with Crippen LogP contribution in [0.2, 0.25) is 0 Å². The summed E-state index contributed by atoms with van der Waals surface area (Å²) in [6.07, 6.45) is 0. The lowest BCUT2D eigenvalue weighted by Gasteiger charge is -2.24. The Labute approximate surface area is 175 Å². The number of hydrogen-bond acceptors (Lipinski definition) is 5. The highest BCUT2D eigenvalue weighted by molar-refractivity contribution is 8.00. The fourth-order valence-electron chi connectivity index (χ4n) is 3.00. The summed E-state index contributed by atoms with van der Waals surface area (Å²) in [6, 6.07) is 9.09. The number of anilines is 3. The molecule has 3 N–H and O–H groups in total. The van der Waals surface area contributed by atoms with E-state index in [4.69, 9.17) is 0 Å². The molecular formula is C20H18FN3O5S. The number of para-hydroxylation sites is 2. The molecule has 3 amide bonds.